The maximum Gasteiger partial charge on any atom is 0.373 e. The first-order valence-corrected chi connectivity index (χ1v) is 9.42. The zero-order valence-electron chi connectivity index (χ0n) is 16.8. The largest absolute Gasteiger partial charge is 0.373 e. The zero-order chi connectivity index (χ0) is 24.3. The van der Waals surface area contributed by atoms with E-state index in [4.69, 9.17) is 60.4 Å². The third-order valence-corrected chi connectivity index (χ3v) is 3.19. The molecule has 0 bridgehead atoms. The Hall–Kier alpha value is -3.33. The van der Waals surface area contributed by atoms with E-state index in [1.165, 1.54) is 27.7 Å². The number of aryl methyl sites for hydroxylation is 2. The second kappa shape index (κ2) is 26.7. The van der Waals surface area contributed by atoms with Crippen molar-refractivity contribution in [1.29, 1.82) is 0 Å². The Balaban J connectivity index is -0.000000362. The van der Waals surface area contributed by atoms with Crippen molar-refractivity contribution in [2.45, 2.75) is 13.8 Å². The van der Waals surface area contributed by atoms with E-state index in [-0.39, 0.29) is 12.3 Å². The van der Waals surface area contributed by atoms with Gasteiger partial charge in [-0.15, -0.1) is 6.42 Å². The summed E-state index contributed by atoms with van der Waals surface area (Å²) in [6.45, 7) is 4.09. The van der Waals surface area contributed by atoms with Crippen LogP contribution < -0.4 is 0 Å². The third-order valence-electron chi connectivity index (χ3n) is 2.68. The summed E-state index contributed by atoms with van der Waals surface area (Å²) in [4.78, 5) is 32.5. The van der Waals surface area contributed by atoms with Crippen LogP contribution in [0.25, 0.3) is 0 Å². The molecule has 0 radical (unpaired) electrons. The Morgan fingerprint density at radius 1 is 0.677 bits per heavy atom. The summed E-state index contributed by atoms with van der Waals surface area (Å²) in [5.74, 6) is 8.31. The van der Waals surface area contributed by atoms with Crippen LogP contribution in [-0.4, -0.2) is 12.3 Å². The van der Waals surface area contributed by atoms with E-state index in [0.717, 1.165) is 11.1 Å². The molecule has 0 N–H and O–H groups in total. The van der Waals surface area contributed by atoms with Gasteiger partial charge >= 0.3 is 12.3 Å². The van der Waals surface area contributed by atoms with Gasteiger partial charge in [0, 0.05) is 27.7 Å². The van der Waals surface area contributed by atoms with Crippen molar-refractivity contribution in [3.05, 3.63) is 93.5 Å². The highest BCUT2D eigenvalue weighted by Crippen LogP contribution is 2.01. The molecule has 0 atom stereocenters. The van der Waals surface area contributed by atoms with Crippen molar-refractivity contribution in [3.8, 4) is 24.2 Å². The number of benzene rings is 2. The maximum absolute atomic E-state index is 8.12. The lowest BCUT2D eigenvalue weighted by atomic mass is 10.2. The average Bonchev–Trinajstić information content (AvgIpc) is 2.78. The van der Waals surface area contributed by atoms with Gasteiger partial charge in [0.1, 0.15) is 0 Å². The van der Waals surface area contributed by atoms with Crippen LogP contribution in [-0.2, 0) is 19.2 Å². The zero-order valence-corrected chi connectivity index (χ0v) is 19.0. The monoisotopic (exact) mass is 476 g/mol. The molecule has 0 spiro atoms. The molecule has 0 heterocycles. The van der Waals surface area contributed by atoms with Crippen molar-refractivity contribution in [1.82, 2.24) is 0 Å². The molecule has 0 amide bonds. The summed E-state index contributed by atoms with van der Waals surface area (Å²) < 4.78 is 0. The Morgan fingerprint density at radius 3 is 1.32 bits per heavy atom. The fraction of sp³-hybridized carbons (Fsp3) is 0.0833. The summed E-state index contributed by atoms with van der Waals surface area (Å²) in [5, 5.41) is 0. The number of hydrogen-bond donors (Lipinski definition) is 0. The first kappa shape index (κ1) is 32.3. The minimum Gasteiger partial charge on any atom is -0.186 e. The molecule has 160 valence electrons. The predicted octanol–water partition coefficient (Wildman–Crippen LogP) is 5.84. The molecule has 31 heavy (non-hydrogen) atoms. The number of carbonyl (C=O) groups excluding carboxylic acids is 4. The lowest BCUT2D eigenvalue weighted by Gasteiger charge is -1.90. The first-order valence-electron chi connectivity index (χ1n) is 8.11. The van der Waals surface area contributed by atoms with Gasteiger partial charge in [-0.05, 0) is 44.2 Å². The Kier molecular flexibility index (Phi) is 27.8. The molecule has 2 aromatic rings. The number of halogens is 3. The van der Waals surface area contributed by atoms with Gasteiger partial charge in [-0.25, -0.2) is 0 Å². The summed E-state index contributed by atoms with van der Waals surface area (Å²) in [7, 11) is 0. The molecule has 0 unspecified atom stereocenters. The van der Waals surface area contributed by atoms with Crippen molar-refractivity contribution in [2.75, 3.05) is 0 Å². The van der Waals surface area contributed by atoms with Crippen molar-refractivity contribution in [3.63, 3.8) is 0 Å². The quantitative estimate of drug-likeness (QED) is 0.447. The second-order valence-electron chi connectivity index (χ2n) is 4.86. The van der Waals surface area contributed by atoms with Gasteiger partial charge in [-0.3, -0.25) is 0 Å². The van der Waals surface area contributed by atoms with Gasteiger partial charge < -0.3 is 0 Å². The summed E-state index contributed by atoms with van der Waals surface area (Å²) in [6.07, 6.45) is 7.26. The molecule has 0 fully saturated rings. The van der Waals surface area contributed by atoms with Crippen LogP contribution in [0, 0.1) is 38.0 Å². The van der Waals surface area contributed by atoms with E-state index in [9.17, 15) is 0 Å². The molecular weight excluding hydrogens is 459 g/mol. The standard InChI is InChI=1S/C11H9Cl.C9H8.C2H2Cl2.2CO2/c1-10-5-7-11(8-6-10)4-2-3-9-12;1-3-9-6-4-8(2)5-7-9;3-1-2-4;2*2-1-3/h3,5-9H,1H3;1,4-7H,2H3;1-2H;;/b9-3+;;2-1+;;. The molecule has 0 aromatic heterocycles. The number of rotatable bonds is 0. The molecule has 2 rings (SSSR count). The summed E-state index contributed by atoms with van der Waals surface area (Å²) in [6, 6.07) is 16.0. The van der Waals surface area contributed by atoms with Gasteiger partial charge in [0.15, 0.2) is 0 Å². The Labute approximate surface area is 197 Å². The SMILES string of the molecule is C#Cc1ccc(C)cc1.Cc1ccc(C#C/C=C/Cl)cc1.Cl/C=C/Cl.O=C=O.O=C=O. The molecule has 0 aliphatic heterocycles. The van der Waals surface area contributed by atoms with Crippen molar-refractivity contribution in [2.24, 2.45) is 0 Å². The minimum atomic E-state index is 0.250. The highest BCUT2D eigenvalue weighted by molar-refractivity contribution is 6.33. The van der Waals surface area contributed by atoms with Crippen LogP contribution in [0.5, 0.6) is 0 Å². The Bertz CT molecular complexity index is 916. The smallest absolute Gasteiger partial charge is 0.186 e. The molecule has 0 saturated heterocycles. The fourth-order valence-electron chi connectivity index (χ4n) is 1.44. The van der Waals surface area contributed by atoms with Gasteiger partial charge in [-0.1, -0.05) is 88.0 Å². The number of hydrogen-bond acceptors (Lipinski definition) is 4. The minimum absolute atomic E-state index is 0.250. The van der Waals surface area contributed by atoms with E-state index < -0.39 is 0 Å². The van der Waals surface area contributed by atoms with Crippen molar-refractivity contribution < 1.29 is 19.2 Å². The fourth-order valence-corrected chi connectivity index (χ4v) is 1.51. The molecule has 0 aliphatic carbocycles. The van der Waals surface area contributed by atoms with Gasteiger partial charge in [0.25, 0.3) is 0 Å². The topological polar surface area (TPSA) is 68.3 Å². The van der Waals surface area contributed by atoms with E-state index in [1.807, 2.05) is 55.5 Å². The molecular formula is C24H19Cl3O4. The first-order chi connectivity index (χ1) is 14.9. The van der Waals surface area contributed by atoms with E-state index in [1.54, 1.807) is 6.08 Å². The van der Waals surface area contributed by atoms with Crippen LogP contribution in [0.2, 0.25) is 0 Å². The van der Waals surface area contributed by atoms with Crippen LogP contribution in [0.3, 0.4) is 0 Å². The van der Waals surface area contributed by atoms with Gasteiger partial charge in [0.2, 0.25) is 0 Å². The van der Waals surface area contributed by atoms with Crippen LogP contribution in [0.1, 0.15) is 22.3 Å². The molecule has 0 aliphatic rings. The summed E-state index contributed by atoms with van der Waals surface area (Å²) in [5.41, 5.74) is 8.32. The van der Waals surface area contributed by atoms with E-state index >= 15 is 0 Å². The maximum atomic E-state index is 8.12. The molecule has 7 heteroatoms. The van der Waals surface area contributed by atoms with E-state index in [0.29, 0.717) is 0 Å². The second-order valence-corrected chi connectivity index (χ2v) is 5.61. The van der Waals surface area contributed by atoms with Crippen LogP contribution in [0.4, 0.5) is 0 Å². The third kappa shape index (κ3) is 26.7. The molecule has 4 nitrogen and oxygen atoms in total. The highest BCUT2D eigenvalue weighted by atomic mass is 35.5. The van der Waals surface area contributed by atoms with E-state index in [2.05, 4.69) is 24.7 Å². The van der Waals surface area contributed by atoms with Gasteiger partial charge in [0.05, 0.1) is 0 Å². The van der Waals surface area contributed by atoms with Gasteiger partial charge in [-0.2, -0.15) is 19.2 Å². The van der Waals surface area contributed by atoms with Crippen molar-refractivity contribution >= 4 is 47.1 Å². The molecule has 2 aromatic carbocycles. The van der Waals surface area contributed by atoms with Crippen LogP contribution >= 0.6 is 34.8 Å². The van der Waals surface area contributed by atoms with Crippen LogP contribution in [0.15, 0.2) is 71.2 Å². The highest BCUT2D eigenvalue weighted by Gasteiger charge is 1.84. The summed E-state index contributed by atoms with van der Waals surface area (Å²) >= 11 is 15.1. The number of terminal acetylenes is 1. The normalized spacial score (nSPS) is 7.87. The molecule has 0 saturated carbocycles. The lowest BCUT2D eigenvalue weighted by molar-refractivity contribution is -0.193. The lowest BCUT2D eigenvalue weighted by Crippen LogP contribution is -1.73. The number of allylic oxidation sites excluding steroid dienone is 1. The average molecular weight is 478 g/mol. The predicted molar refractivity (Wildman–Crippen MR) is 123 cm³/mol. The Morgan fingerprint density at radius 2 is 1.03 bits per heavy atom.